The molecule has 0 radical (unpaired) electrons. The molecular formula is C20H17N3O8. The number of benzene rings is 2. The van der Waals surface area contributed by atoms with Crippen LogP contribution in [0.25, 0.3) is 11.0 Å². The lowest BCUT2D eigenvalue weighted by atomic mass is 10.2. The van der Waals surface area contributed by atoms with Crippen molar-refractivity contribution in [1.29, 1.82) is 0 Å². The number of hydrogen-bond donors (Lipinski definition) is 2. The van der Waals surface area contributed by atoms with Gasteiger partial charge >= 0.3 is 5.63 Å². The number of carbonyl (C=O) groups excluding carboxylic acids is 2. The predicted octanol–water partition coefficient (Wildman–Crippen LogP) is 2.69. The second kappa shape index (κ2) is 8.95. The molecule has 0 saturated carbocycles. The SMILES string of the molecule is COc1cc2cc(NC(C)=O)c(=O)oc2cc1OCC(=O)Nc1ccccc1[N+](=O)[O-]. The first-order valence-corrected chi connectivity index (χ1v) is 8.88. The van der Waals surface area contributed by atoms with Gasteiger partial charge in [-0.2, -0.15) is 0 Å². The Balaban J connectivity index is 1.81. The van der Waals surface area contributed by atoms with E-state index < -0.39 is 29.0 Å². The standard InChI is InChI=1S/C20H17N3O8/c1-11(24)21-14-7-12-8-17(29-2)18(9-16(12)31-20(14)26)30-10-19(25)22-13-5-3-4-6-15(13)23(27)28/h3-9H,10H2,1-2H3,(H,21,24)(H,22,25). The van der Waals surface area contributed by atoms with Gasteiger partial charge in [0.25, 0.3) is 11.6 Å². The van der Waals surface area contributed by atoms with Crippen molar-refractivity contribution < 1.29 is 28.4 Å². The first-order valence-electron chi connectivity index (χ1n) is 8.88. The van der Waals surface area contributed by atoms with E-state index in [0.717, 1.165) is 0 Å². The topological polar surface area (TPSA) is 150 Å². The van der Waals surface area contributed by atoms with E-state index in [1.165, 1.54) is 50.4 Å². The Kier molecular flexibility index (Phi) is 6.15. The minimum absolute atomic E-state index is 0.0282. The summed E-state index contributed by atoms with van der Waals surface area (Å²) in [6.45, 7) is 0.776. The van der Waals surface area contributed by atoms with Crippen LogP contribution in [-0.4, -0.2) is 30.5 Å². The van der Waals surface area contributed by atoms with Crippen molar-refractivity contribution in [3.8, 4) is 11.5 Å². The molecule has 1 heterocycles. The number of rotatable bonds is 7. The molecule has 0 bridgehead atoms. The lowest BCUT2D eigenvalue weighted by molar-refractivity contribution is -0.383. The zero-order valence-electron chi connectivity index (χ0n) is 16.5. The van der Waals surface area contributed by atoms with Crippen LogP contribution >= 0.6 is 0 Å². The summed E-state index contributed by atoms with van der Waals surface area (Å²) < 4.78 is 15.9. The fourth-order valence-electron chi connectivity index (χ4n) is 2.74. The van der Waals surface area contributed by atoms with Crippen molar-refractivity contribution in [2.24, 2.45) is 0 Å². The molecular weight excluding hydrogens is 410 g/mol. The van der Waals surface area contributed by atoms with Crippen molar-refractivity contribution >= 4 is 39.8 Å². The van der Waals surface area contributed by atoms with Crippen LogP contribution in [-0.2, 0) is 9.59 Å². The van der Waals surface area contributed by atoms with Gasteiger partial charge in [-0.1, -0.05) is 12.1 Å². The van der Waals surface area contributed by atoms with Crippen LogP contribution in [0.4, 0.5) is 17.1 Å². The van der Waals surface area contributed by atoms with E-state index in [0.29, 0.717) is 5.39 Å². The minimum Gasteiger partial charge on any atom is -0.493 e. The molecule has 11 nitrogen and oxygen atoms in total. The van der Waals surface area contributed by atoms with Gasteiger partial charge in [0.1, 0.15) is 17.0 Å². The number of carbonyl (C=O) groups is 2. The Bertz CT molecular complexity index is 1230. The largest absolute Gasteiger partial charge is 0.493 e. The number of para-hydroxylation sites is 2. The second-order valence-corrected chi connectivity index (χ2v) is 6.28. The maximum absolute atomic E-state index is 12.2. The van der Waals surface area contributed by atoms with E-state index in [1.807, 2.05) is 0 Å². The van der Waals surface area contributed by atoms with E-state index in [2.05, 4.69) is 10.6 Å². The molecule has 0 atom stereocenters. The Labute approximate surface area is 174 Å². The van der Waals surface area contributed by atoms with Gasteiger partial charge < -0.3 is 24.5 Å². The lowest BCUT2D eigenvalue weighted by Crippen LogP contribution is -2.21. The number of nitrogens with one attached hydrogen (secondary N) is 2. The monoisotopic (exact) mass is 427 g/mol. The summed E-state index contributed by atoms with van der Waals surface area (Å²) in [5.74, 6) is -0.709. The highest BCUT2D eigenvalue weighted by Gasteiger charge is 2.17. The predicted molar refractivity (Wildman–Crippen MR) is 111 cm³/mol. The molecule has 1 aromatic heterocycles. The van der Waals surface area contributed by atoms with Gasteiger partial charge in [-0.05, 0) is 18.2 Å². The third-order valence-electron chi connectivity index (χ3n) is 4.06. The summed E-state index contributed by atoms with van der Waals surface area (Å²) in [6.07, 6.45) is 0. The molecule has 0 fully saturated rings. The highest BCUT2D eigenvalue weighted by atomic mass is 16.6. The van der Waals surface area contributed by atoms with E-state index in [1.54, 1.807) is 6.07 Å². The van der Waals surface area contributed by atoms with E-state index >= 15 is 0 Å². The fraction of sp³-hybridized carbons (Fsp3) is 0.150. The number of anilines is 2. The number of methoxy groups -OCH3 is 1. The molecule has 3 aromatic rings. The van der Waals surface area contributed by atoms with Gasteiger partial charge in [0.05, 0.1) is 12.0 Å². The first-order chi connectivity index (χ1) is 14.8. The number of nitro benzene ring substituents is 1. The molecule has 31 heavy (non-hydrogen) atoms. The van der Waals surface area contributed by atoms with Crippen LogP contribution < -0.4 is 25.7 Å². The summed E-state index contributed by atoms with van der Waals surface area (Å²) in [5.41, 5.74) is -0.861. The normalized spacial score (nSPS) is 10.4. The number of nitro groups is 1. The molecule has 0 aliphatic heterocycles. The zero-order valence-corrected chi connectivity index (χ0v) is 16.5. The molecule has 0 aliphatic carbocycles. The smallest absolute Gasteiger partial charge is 0.360 e. The quantitative estimate of drug-likeness (QED) is 0.332. The van der Waals surface area contributed by atoms with Crippen LogP contribution in [0.3, 0.4) is 0 Å². The number of amides is 2. The van der Waals surface area contributed by atoms with Gasteiger partial charge in [-0.15, -0.1) is 0 Å². The third kappa shape index (κ3) is 4.96. The minimum atomic E-state index is -0.757. The van der Waals surface area contributed by atoms with E-state index in [4.69, 9.17) is 13.9 Å². The van der Waals surface area contributed by atoms with Crippen LogP contribution in [0.1, 0.15) is 6.92 Å². The fourth-order valence-corrected chi connectivity index (χ4v) is 2.74. The Morgan fingerprint density at radius 2 is 1.84 bits per heavy atom. The number of nitrogens with zero attached hydrogens (tertiary/aromatic N) is 1. The summed E-state index contributed by atoms with van der Waals surface area (Å²) >= 11 is 0. The third-order valence-corrected chi connectivity index (χ3v) is 4.06. The lowest BCUT2D eigenvalue weighted by Gasteiger charge is -2.12. The summed E-state index contributed by atoms with van der Waals surface area (Å²) in [5, 5.41) is 16.3. The van der Waals surface area contributed by atoms with Crippen LogP contribution in [0.15, 0.2) is 51.7 Å². The second-order valence-electron chi connectivity index (χ2n) is 6.28. The molecule has 2 aromatic carbocycles. The van der Waals surface area contributed by atoms with Crippen LogP contribution in [0.2, 0.25) is 0 Å². The molecule has 160 valence electrons. The molecule has 0 aliphatic rings. The Morgan fingerprint density at radius 3 is 2.52 bits per heavy atom. The van der Waals surface area contributed by atoms with Gasteiger partial charge in [0.2, 0.25) is 5.91 Å². The Morgan fingerprint density at radius 1 is 1.10 bits per heavy atom. The molecule has 2 N–H and O–H groups in total. The van der Waals surface area contributed by atoms with E-state index in [9.17, 15) is 24.5 Å². The average molecular weight is 427 g/mol. The number of fused-ring (bicyclic) bond motifs is 1. The average Bonchev–Trinajstić information content (AvgIpc) is 2.72. The van der Waals surface area contributed by atoms with Crippen molar-refractivity contribution in [1.82, 2.24) is 0 Å². The summed E-state index contributed by atoms with van der Waals surface area (Å²) in [4.78, 5) is 45.9. The molecule has 3 rings (SSSR count). The molecule has 0 saturated heterocycles. The van der Waals surface area contributed by atoms with Gasteiger partial charge in [-0.3, -0.25) is 19.7 Å². The van der Waals surface area contributed by atoms with Gasteiger partial charge in [-0.25, -0.2) is 4.79 Å². The maximum Gasteiger partial charge on any atom is 0.360 e. The van der Waals surface area contributed by atoms with Crippen molar-refractivity contribution in [2.45, 2.75) is 6.92 Å². The van der Waals surface area contributed by atoms with Crippen LogP contribution in [0, 0.1) is 10.1 Å². The van der Waals surface area contributed by atoms with Crippen LogP contribution in [0.5, 0.6) is 11.5 Å². The number of ether oxygens (including phenoxy) is 2. The van der Waals surface area contributed by atoms with Gasteiger partial charge in [0, 0.05) is 24.4 Å². The number of hydrogen-bond acceptors (Lipinski definition) is 8. The zero-order chi connectivity index (χ0) is 22.5. The molecule has 0 unspecified atom stereocenters. The highest BCUT2D eigenvalue weighted by molar-refractivity contribution is 5.94. The maximum atomic E-state index is 12.2. The Hall–Kier alpha value is -4.41. The van der Waals surface area contributed by atoms with Crippen molar-refractivity contribution in [2.75, 3.05) is 24.4 Å². The van der Waals surface area contributed by atoms with Gasteiger partial charge in [0.15, 0.2) is 18.1 Å². The van der Waals surface area contributed by atoms with Crippen molar-refractivity contribution in [3.05, 3.63) is 63.0 Å². The molecule has 2 amide bonds. The summed E-state index contributed by atoms with van der Waals surface area (Å²) in [6, 6.07) is 10.00. The first kappa shape index (κ1) is 21.3. The highest BCUT2D eigenvalue weighted by Crippen LogP contribution is 2.33. The molecule has 11 heteroatoms. The summed E-state index contributed by atoms with van der Waals surface area (Å²) in [7, 11) is 1.38. The van der Waals surface area contributed by atoms with Crippen molar-refractivity contribution in [3.63, 3.8) is 0 Å². The van der Waals surface area contributed by atoms with E-state index in [-0.39, 0.29) is 34.1 Å². The molecule has 0 spiro atoms.